The maximum Gasteiger partial charge on any atom is 0.287 e. The van der Waals surface area contributed by atoms with Crippen LogP contribution in [0.3, 0.4) is 0 Å². The Morgan fingerprint density at radius 2 is 2.00 bits per heavy atom. The van der Waals surface area contributed by atoms with Crippen molar-refractivity contribution in [3.63, 3.8) is 0 Å². The second-order valence-corrected chi connectivity index (χ2v) is 7.10. The molecule has 1 amide bonds. The van der Waals surface area contributed by atoms with Gasteiger partial charge in [-0.1, -0.05) is 18.2 Å². The van der Waals surface area contributed by atoms with E-state index in [1.165, 1.54) is 23.1 Å². The van der Waals surface area contributed by atoms with E-state index < -0.39 is 11.7 Å². The predicted octanol–water partition coefficient (Wildman–Crippen LogP) is 4.22. The van der Waals surface area contributed by atoms with Gasteiger partial charge in [0.05, 0.1) is 11.4 Å². The van der Waals surface area contributed by atoms with Gasteiger partial charge in [-0.15, -0.1) is 0 Å². The normalized spacial score (nSPS) is 16.2. The topological polar surface area (TPSA) is 75.1 Å². The van der Waals surface area contributed by atoms with Crippen molar-refractivity contribution in [2.75, 3.05) is 0 Å². The second-order valence-electron chi connectivity index (χ2n) is 7.10. The fourth-order valence-corrected chi connectivity index (χ4v) is 4.03. The van der Waals surface area contributed by atoms with Crippen LogP contribution in [0.1, 0.15) is 40.7 Å². The molecule has 2 aromatic carbocycles. The molecule has 1 aliphatic carbocycles. The number of carbonyl (C=O) groups excluding carboxylic acids is 1. The number of aromatic nitrogens is 1. The van der Waals surface area contributed by atoms with E-state index in [9.17, 15) is 14.0 Å². The van der Waals surface area contributed by atoms with Crippen LogP contribution in [0.4, 0.5) is 4.39 Å². The lowest BCUT2D eigenvalue weighted by Gasteiger charge is -2.23. The largest absolute Gasteiger partial charge is 0.451 e. The molecule has 4 aromatic rings. The molecular weight excluding hydrogens is 359 g/mol. The first-order valence-electron chi connectivity index (χ1n) is 9.24. The fourth-order valence-electron chi connectivity index (χ4n) is 4.03. The molecule has 0 aliphatic heterocycles. The van der Waals surface area contributed by atoms with Gasteiger partial charge in [-0.3, -0.25) is 9.59 Å². The standard InChI is InChI=1S/C22H17FN2O3/c23-12-8-9-15-18(26)11-20(28-19(15)10-12)22(27)25-17-7-3-5-14-13-4-1-2-6-16(13)24-21(14)17/h1-2,4,6,8-11,17,24H,3,5,7H2,(H,25,27). The molecule has 0 radical (unpaired) electrons. The number of halogens is 1. The number of fused-ring (bicyclic) bond motifs is 4. The molecule has 0 saturated heterocycles. The highest BCUT2D eigenvalue weighted by Gasteiger charge is 2.26. The molecule has 1 atom stereocenters. The molecule has 2 heterocycles. The van der Waals surface area contributed by atoms with Crippen molar-refractivity contribution in [1.82, 2.24) is 10.3 Å². The number of H-pyrrole nitrogens is 1. The van der Waals surface area contributed by atoms with E-state index in [1.54, 1.807) is 0 Å². The number of hydrogen-bond acceptors (Lipinski definition) is 3. The Morgan fingerprint density at radius 3 is 2.89 bits per heavy atom. The summed E-state index contributed by atoms with van der Waals surface area (Å²) in [5, 5.41) is 4.38. The molecule has 0 saturated carbocycles. The van der Waals surface area contributed by atoms with E-state index in [2.05, 4.69) is 16.4 Å². The van der Waals surface area contributed by atoms with Crippen LogP contribution >= 0.6 is 0 Å². The van der Waals surface area contributed by atoms with Crippen molar-refractivity contribution in [2.24, 2.45) is 0 Å². The van der Waals surface area contributed by atoms with Gasteiger partial charge in [-0.2, -0.15) is 0 Å². The molecule has 2 aromatic heterocycles. The highest BCUT2D eigenvalue weighted by molar-refractivity contribution is 5.93. The SMILES string of the molecule is O=C(NC1CCCc2c1[nH]c1ccccc21)c1cc(=O)c2ccc(F)cc2o1. The number of amides is 1. The molecule has 0 bridgehead atoms. The Labute approximate surface area is 159 Å². The number of hydrogen-bond donors (Lipinski definition) is 2. The van der Waals surface area contributed by atoms with Gasteiger partial charge in [0.25, 0.3) is 5.91 Å². The van der Waals surface area contributed by atoms with Crippen LogP contribution in [-0.2, 0) is 6.42 Å². The van der Waals surface area contributed by atoms with Crippen LogP contribution in [-0.4, -0.2) is 10.9 Å². The second kappa shape index (κ2) is 6.34. The van der Waals surface area contributed by atoms with E-state index in [4.69, 9.17) is 4.42 Å². The van der Waals surface area contributed by atoms with Gasteiger partial charge in [0.1, 0.15) is 11.4 Å². The van der Waals surface area contributed by atoms with E-state index in [1.807, 2.05) is 18.2 Å². The van der Waals surface area contributed by atoms with E-state index in [-0.39, 0.29) is 28.2 Å². The van der Waals surface area contributed by atoms with Crippen molar-refractivity contribution in [1.29, 1.82) is 0 Å². The highest BCUT2D eigenvalue weighted by Crippen LogP contribution is 2.34. The molecule has 140 valence electrons. The summed E-state index contributed by atoms with van der Waals surface area (Å²) in [5.74, 6) is -1.13. The number of nitrogens with one attached hydrogen (secondary N) is 2. The average Bonchev–Trinajstić information content (AvgIpc) is 3.07. The molecule has 0 fully saturated rings. The summed E-state index contributed by atoms with van der Waals surface area (Å²) >= 11 is 0. The van der Waals surface area contributed by atoms with Crippen molar-refractivity contribution in [2.45, 2.75) is 25.3 Å². The Hall–Kier alpha value is -3.41. The fraction of sp³-hybridized carbons (Fsp3) is 0.182. The van der Waals surface area contributed by atoms with Crippen LogP contribution in [0.5, 0.6) is 0 Å². The lowest BCUT2D eigenvalue weighted by molar-refractivity contribution is 0.0904. The number of benzene rings is 2. The van der Waals surface area contributed by atoms with Crippen LogP contribution < -0.4 is 10.7 Å². The zero-order valence-electron chi connectivity index (χ0n) is 14.9. The lowest BCUT2D eigenvalue weighted by atomic mass is 9.91. The van der Waals surface area contributed by atoms with Crippen molar-refractivity contribution in [3.05, 3.63) is 81.6 Å². The van der Waals surface area contributed by atoms with Crippen LogP contribution in [0.15, 0.2) is 57.7 Å². The minimum absolute atomic E-state index is 0.0626. The smallest absolute Gasteiger partial charge is 0.287 e. The third-order valence-electron chi connectivity index (χ3n) is 5.34. The summed E-state index contributed by atoms with van der Waals surface area (Å²) in [6, 6.07) is 12.7. The third-order valence-corrected chi connectivity index (χ3v) is 5.34. The maximum absolute atomic E-state index is 13.5. The zero-order chi connectivity index (χ0) is 19.3. The number of para-hydroxylation sites is 1. The van der Waals surface area contributed by atoms with Crippen molar-refractivity contribution >= 4 is 27.8 Å². The van der Waals surface area contributed by atoms with E-state index in [0.29, 0.717) is 0 Å². The molecular formula is C22H17FN2O3. The minimum atomic E-state index is -0.525. The summed E-state index contributed by atoms with van der Waals surface area (Å²) in [5.41, 5.74) is 2.94. The lowest BCUT2D eigenvalue weighted by Crippen LogP contribution is -2.31. The number of aromatic amines is 1. The van der Waals surface area contributed by atoms with Gasteiger partial charge < -0.3 is 14.7 Å². The maximum atomic E-state index is 13.5. The number of aryl methyl sites for hydroxylation is 1. The van der Waals surface area contributed by atoms with Gasteiger partial charge in [0.2, 0.25) is 0 Å². The Kier molecular flexibility index (Phi) is 3.79. The van der Waals surface area contributed by atoms with Crippen molar-refractivity contribution in [3.8, 4) is 0 Å². The first-order valence-corrected chi connectivity index (χ1v) is 9.24. The predicted molar refractivity (Wildman–Crippen MR) is 104 cm³/mol. The quantitative estimate of drug-likeness (QED) is 0.550. The average molecular weight is 376 g/mol. The molecule has 1 aliphatic rings. The molecule has 28 heavy (non-hydrogen) atoms. The molecule has 6 heteroatoms. The summed E-state index contributed by atoms with van der Waals surface area (Å²) in [6.07, 6.45) is 2.70. The minimum Gasteiger partial charge on any atom is -0.451 e. The van der Waals surface area contributed by atoms with Gasteiger partial charge in [0, 0.05) is 28.7 Å². The zero-order valence-corrected chi connectivity index (χ0v) is 14.9. The van der Waals surface area contributed by atoms with Gasteiger partial charge >= 0.3 is 0 Å². The first-order chi connectivity index (χ1) is 13.6. The van der Waals surface area contributed by atoms with E-state index >= 15 is 0 Å². The van der Waals surface area contributed by atoms with Crippen LogP contribution in [0, 0.1) is 5.82 Å². The Bertz CT molecular complexity index is 1290. The van der Waals surface area contributed by atoms with Crippen LogP contribution in [0.25, 0.3) is 21.9 Å². The third kappa shape index (κ3) is 2.69. The first kappa shape index (κ1) is 16.7. The molecule has 5 rings (SSSR count). The summed E-state index contributed by atoms with van der Waals surface area (Å²) in [7, 11) is 0. The number of rotatable bonds is 2. The molecule has 5 nitrogen and oxygen atoms in total. The van der Waals surface area contributed by atoms with Crippen LogP contribution in [0.2, 0.25) is 0 Å². The van der Waals surface area contributed by atoms with Gasteiger partial charge in [-0.05, 0) is 43.0 Å². The molecule has 0 spiro atoms. The molecule has 2 N–H and O–H groups in total. The monoisotopic (exact) mass is 376 g/mol. The summed E-state index contributed by atoms with van der Waals surface area (Å²) < 4.78 is 19.0. The summed E-state index contributed by atoms with van der Waals surface area (Å²) in [4.78, 5) is 28.4. The van der Waals surface area contributed by atoms with Gasteiger partial charge in [0.15, 0.2) is 11.2 Å². The highest BCUT2D eigenvalue weighted by atomic mass is 19.1. The van der Waals surface area contributed by atoms with Gasteiger partial charge in [-0.25, -0.2) is 4.39 Å². The van der Waals surface area contributed by atoms with E-state index in [0.717, 1.165) is 42.6 Å². The van der Waals surface area contributed by atoms with Crippen molar-refractivity contribution < 1.29 is 13.6 Å². The number of carbonyl (C=O) groups is 1. The molecule has 1 unspecified atom stereocenters. The summed E-state index contributed by atoms with van der Waals surface area (Å²) in [6.45, 7) is 0. The Balaban J connectivity index is 1.50. The Morgan fingerprint density at radius 1 is 1.14 bits per heavy atom.